The maximum Gasteiger partial charge on any atom is 0.303 e. The summed E-state index contributed by atoms with van der Waals surface area (Å²) in [5.41, 5.74) is 0. The van der Waals surface area contributed by atoms with Crippen molar-refractivity contribution < 1.29 is 14.7 Å². The molecule has 2 N–H and O–H groups in total. The molecule has 4 heteroatoms. The van der Waals surface area contributed by atoms with Crippen molar-refractivity contribution in [2.45, 2.75) is 44.9 Å². The third kappa shape index (κ3) is 3.20. The Labute approximate surface area is 102 Å². The number of carbonyl (C=O) groups excluding carboxylic acids is 1. The molecule has 0 unspecified atom stereocenters. The number of amides is 1. The van der Waals surface area contributed by atoms with E-state index in [9.17, 15) is 9.59 Å². The lowest BCUT2D eigenvalue weighted by atomic mass is 9.88. The highest BCUT2D eigenvalue weighted by Crippen LogP contribution is 2.48. The van der Waals surface area contributed by atoms with Crippen molar-refractivity contribution in [1.82, 2.24) is 5.32 Å². The standard InChI is InChI=1S/C13H21NO3/c15-12(16)3-1-2-6-14-13(17)11-8-9-4-5-10(11)7-9/h9-11H,1-8H2,(H,14,17)(H,15,16)/t9-,10-,11+/m0/s1. The van der Waals surface area contributed by atoms with Gasteiger partial charge in [0.05, 0.1) is 0 Å². The molecule has 4 nitrogen and oxygen atoms in total. The van der Waals surface area contributed by atoms with Gasteiger partial charge in [-0.25, -0.2) is 0 Å². The quantitative estimate of drug-likeness (QED) is 0.694. The minimum absolute atomic E-state index is 0.198. The molecule has 0 radical (unpaired) electrons. The molecule has 2 rings (SSSR count). The van der Waals surface area contributed by atoms with E-state index in [0.29, 0.717) is 18.9 Å². The van der Waals surface area contributed by atoms with Gasteiger partial charge in [-0.3, -0.25) is 9.59 Å². The molecule has 3 atom stereocenters. The molecule has 2 aliphatic rings. The first kappa shape index (κ1) is 12.4. The number of aliphatic carboxylic acids is 1. The molecule has 0 aromatic heterocycles. The van der Waals surface area contributed by atoms with Crippen molar-refractivity contribution in [3.05, 3.63) is 0 Å². The van der Waals surface area contributed by atoms with Crippen LogP contribution < -0.4 is 5.32 Å². The first-order valence-electron chi connectivity index (χ1n) is 6.66. The van der Waals surface area contributed by atoms with E-state index in [1.54, 1.807) is 0 Å². The predicted octanol–water partition coefficient (Wildman–Crippen LogP) is 1.79. The van der Waals surface area contributed by atoms with E-state index in [1.807, 2.05) is 0 Å². The van der Waals surface area contributed by atoms with Crippen LogP contribution in [0.25, 0.3) is 0 Å². The molecular formula is C13H21NO3. The van der Waals surface area contributed by atoms with E-state index in [4.69, 9.17) is 5.11 Å². The smallest absolute Gasteiger partial charge is 0.303 e. The Kier molecular flexibility index (Phi) is 4.02. The number of carbonyl (C=O) groups is 2. The van der Waals surface area contributed by atoms with E-state index < -0.39 is 5.97 Å². The van der Waals surface area contributed by atoms with E-state index in [1.165, 1.54) is 19.3 Å². The maximum absolute atomic E-state index is 11.9. The number of unbranched alkanes of at least 4 members (excludes halogenated alkanes) is 1. The van der Waals surface area contributed by atoms with Gasteiger partial charge < -0.3 is 10.4 Å². The number of nitrogens with one attached hydrogen (secondary N) is 1. The molecule has 1 amide bonds. The fourth-order valence-electron chi connectivity index (χ4n) is 3.31. The zero-order valence-electron chi connectivity index (χ0n) is 10.2. The largest absolute Gasteiger partial charge is 0.481 e. The van der Waals surface area contributed by atoms with Crippen molar-refractivity contribution >= 4 is 11.9 Å². The summed E-state index contributed by atoms with van der Waals surface area (Å²) in [6.45, 7) is 0.625. The molecule has 17 heavy (non-hydrogen) atoms. The second-order valence-electron chi connectivity index (χ2n) is 5.42. The Balaban J connectivity index is 1.60. The number of carboxylic acids is 1. The lowest BCUT2D eigenvalue weighted by Gasteiger charge is -2.20. The molecule has 0 spiro atoms. The van der Waals surface area contributed by atoms with Crippen molar-refractivity contribution in [2.24, 2.45) is 17.8 Å². The van der Waals surface area contributed by atoms with Gasteiger partial charge in [0, 0.05) is 18.9 Å². The molecule has 96 valence electrons. The van der Waals surface area contributed by atoms with Crippen molar-refractivity contribution in [3.63, 3.8) is 0 Å². The maximum atomic E-state index is 11.9. The third-order valence-electron chi connectivity index (χ3n) is 4.19. The highest BCUT2D eigenvalue weighted by molar-refractivity contribution is 5.79. The summed E-state index contributed by atoms with van der Waals surface area (Å²) in [4.78, 5) is 22.2. The highest BCUT2D eigenvalue weighted by Gasteiger charge is 2.42. The summed E-state index contributed by atoms with van der Waals surface area (Å²) in [6, 6.07) is 0. The Morgan fingerprint density at radius 1 is 1.18 bits per heavy atom. The summed E-state index contributed by atoms with van der Waals surface area (Å²) < 4.78 is 0. The Bertz CT molecular complexity index is 303. The first-order valence-corrected chi connectivity index (χ1v) is 6.66. The fraction of sp³-hybridized carbons (Fsp3) is 0.846. The summed E-state index contributed by atoms with van der Waals surface area (Å²) >= 11 is 0. The van der Waals surface area contributed by atoms with Crippen LogP contribution >= 0.6 is 0 Å². The minimum Gasteiger partial charge on any atom is -0.481 e. The van der Waals surface area contributed by atoms with Gasteiger partial charge in [-0.05, 0) is 43.9 Å². The predicted molar refractivity (Wildman–Crippen MR) is 63.4 cm³/mol. The molecule has 2 bridgehead atoms. The van der Waals surface area contributed by atoms with Gasteiger partial charge in [-0.15, -0.1) is 0 Å². The number of hydrogen-bond donors (Lipinski definition) is 2. The van der Waals surface area contributed by atoms with E-state index in [-0.39, 0.29) is 18.2 Å². The van der Waals surface area contributed by atoms with Gasteiger partial charge in [-0.1, -0.05) is 6.42 Å². The van der Waals surface area contributed by atoms with Gasteiger partial charge in [0.25, 0.3) is 0 Å². The monoisotopic (exact) mass is 239 g/mol. The van der Waals surface area contributed by atoms with Gasteiger partial charge in [0.2, 0.25) is 5.91 Å². The topological polar surface area (TPSA) is 66.4 Å². The molecule has 0 aromatic rings. The van der Waals surface area contributed by atoms with E-state index >= 15 is 0 Å². The van der Waals surface area contributed by atoms with Crippen molar-refractivity contribution in [2.75, 3.05) is 6.54 Å². The summed E-state index contributed by atoms with van der Waals surface area (Å²) in [6.07, 6.45) is 6.47. The normalized spacial score (nSPS) is 30.5. The average molecular weight is 239 g/mol. The van der Waals surface area contributed by atoms with Crippen LogP contribution in [0.5, 0.6) is 0 Å². The lowest BCUT2D eigenvalue weighted by molar-refractivity contribution is -0.137. The van der Waals surface area contributed by atoms with E-state index in [0.717, 1.165) is 18.8 Å². The van der Waals surface area contributed by atoms with Crippen molar-refractivity contribution in [3.8, 4) is 0 Å². The van der Waals surface area contributed by atoms with Crippen LogP contribution in [-0.2, 0) is 9.59 Å². The zero-order valence-corrected chi connectivity index (χ0v) is 10.2. The van der Waals surface area contributed by atoms with Crippen molar-refractivity contribution in [1.29, 1.82) is 0 Å². The molecular weight excluding hydrogens is 218 g/mol. The molecule has 2 fully saturated rings. The number of rotatable bonds is 6. The van der Waals surface area contributed by atoms with Crippen LogP contribution in [-0.4, -0.2) is 23.5 Å². The molecule has 2 saturated carbocycles. The molecule has 0 saturated heterocycles. The number of hydrogen-bond acceptors (Lipinski definition) is 2. The SMILES string of the molecule is O=C(O)CCCCNC(=O)[C@@H]1C[C@H]2CC[C@H]1C2. The average Bonchev–Trinajstić information content (AvgIpc) is 2.89. The number of fused-ring (bicyclic) bond motifs is 2. The third-order valence-corrected chi connectivity index (χ3v) is 4.19. The lowest BCUT2D eigenvalue weighted by Crippen LogP contribution is -2.34. The van der Waals surface area contributed by atoms with Crippen LogP contribution in [0.1, 0.15) is 44.9 Å². The Morgan fingerprint density at radius 3 is 2.59 bits per heavy atom. The second-order valence-corrected chi connectivity index (χ2v) is 5.42. The van der Waals surface area contributed by atoms with Crippen LogP contribution in [0, 0.1) is 17.8 Å². The molecule has 0 heterocycles. The summed E-state index contributed by atoms with van der Waals surface area (Å²) in [5.74, 6) is 1.10. The number of carboxylic acid groups (broad SMARTS) is 1. The van der Waals surface area contributed by atoms with Gasteiger partial charge in [0.1, 0.15) is 0 Å². The minimum atomic E-state index is -0.760. The van der Waals surface area contributed by atoms with E-state index in [2.05, 4.69) is 5.32 Å². The first-order chi connectivity index (χ1) is 8.16. The molecule has 0 aromatic carbocycles. The Hall–Kier alpha value is -1.06. The van der Waals surface area contributed by atoms with Crippen LogP contribution in [0.4, 0.5) is 0 Å². The van der Waals surface area contributed by atoms with Crippen LogP contribution in [0.2, 0.25) is 0 Å². The molecule has 2 aliphatic carbocycles. The second kappa shape index (κ2) is 5.52. The van der Waals surface area contributed by atoms with Gasteiger partial charge >= 0.3 is 5.97 Å². The highest BCUT2D eigenvalue weighted by atomic mass is 16.4. The molecule has 0 aliphatic heterocycles. The van der Waals surface area contributed by atoms with Gasteiger partial charge in [-0.2, -0.15) is 0 Å². The summed E-state index contributed by atoms with van der Waals surface area (Å²) in [7, 11) is 0. The van der Waals surface area contributed by atoms with Crippen LogP contribution in [0.15, 0.2) is 0 Å². The van der Waals surface area contributed by atoms with Crippen LogP contribution in [0.3, 0.4) is 0 Å². The summed E-state index contributed by atoms with van der Waals surface area (Å²) in [5, 5.41) is 11.4. The van der Waals surface area contributed by atoms with Gasteiger partial charge in [0.15, 0.2) is 0 Å². The Morgan fingerprint density at radius 2 is 2.00 bits per heavy atom. The zero-order chi connectivity index (χ0) is 12.3. The fourth-order valence-corrected chi connectivity index (χ4v) is 3.31.